The minimum atomic E-state index is 0.216. The minimum absolute atomic E-state index is 0.216. The molecule has 72 valence electrons. The van der Waals surface area contributed by atoms with Gasteiger partial charge in [0.05, 0.1) is 0 Å². The molecule has 0 bridgehead atoms. The Labute approximate surface area is 75.7 Å². The topological polar surface area (TPSA) is 52.0 Å². The SMILES string of the molecule is CCC(N)C(N)C1CCCCC1. The first-order valence-electron chi connectivity index (χ1n) is 5.27. The first-order valence-corrected chi connectivity index (χ1v) is 5.27. The third-order valence-electron chi connectivity index (χ3n) is 3.16. The van der Waals surface area contributed by atoms with Crippen molar-refractivity contribution in [1.29, 1.82) is 0 Å². The van der Waals surface area contributed by atoms with Crippen LogP contribution in [0.15, 0.2) is 0 Å². The quantitative estimate of drug-likeness (QED) is 0.676. The van der Waals surface area contributed by atoms with Crippen LogP contribution >= 0.6 is 0 Å². The second-order valence-corrected chi connectivity index (χ2v) is 4.05. The molecule has 2 nitrogen and oxygen atoms in total. The molecule has 0 amide bonds. The maximum absolute atomic E-state index is 6.08. The van der Waals surface area contributed by atoms with E-state index in [0.29, 0.717) is 5.92 Å². The fraction of sp³-hybridized carbons (Fsp3) is 1.00. The van der Waals surface area contributed by atoms with Gasteiger partial charge in [0.25, 0.3) is 0 Å². The molecule has 0 aromatic heterocycles. The summed E-state index contributed by atoms with van der Waals surface area (Å²) in [7, 11) is 0. The highest BCUT2D eigenvalue weighted by Gasteiger charge is 2.23. The molecule has 2 heteroatoms. The molecule has 4 N–H and O–H groups in total. The average Bonchev–Trinajstić information content (AvgIpc) is 2.17. The second-order valence-electron chi connectivity index (χ2n) is 4.05. The van der Waals surface area contributed by atoms with E-state index < -0.39 is 0 Å². The van der Waals surface area contributed by atoms with E-state index in [1.165, 1.54) is 32.1 Å². The van der Waals surface area contributed by atoms with Crippen LogP contribution in [0.4, 0.5) is 0 Å². The van der Waals surface area contributed by atoms with Gasteiger partial charge in [-0.1, -0.05) is 26.2 Å². The molecule has 1 aliphatic carbocycles. The fourth-order valence-corrected chi connectivity index (χ4v) is 2.14. The van der Waals surface area contributed by atoms with Crippen molar-refractivity contribution in [3.63, 3.8) is 0 Å². The monoisotopic (exact) mass is 170 g/mol. The summed E-state index contributed by atoms with van der Waals surface area (Å²) in [5, 5.41) is 0. The first kappa shape index (κ1) is 10.0. The molecule has 12 heavy (non-hydrogen) atoms. The Hall–Kier alpha value is -0.0800. The van der Waals surface area contributed by atoms with E-state index in [-0.39, 0.29) is 12.1 Å². The maximum Gasteiger partial charge on any atom is 0.0220 e. The van der Waals surface area contributed by atoms with Gasteiger partial charge in [0, 0.05) is 12.1 Å². The Morgan fingerprint density at radius 2 is 1.75 bits per heavy atom. The van der Waals surface area contributed by atoms with Crippen LogP contribution in [0.1, 0.15) is 45.4 Å². The molecule has 1 saturated carbocycles. The van der Waals surface area contributed by atoms with E-state index in [9.17, 15) is 0 Å². The Balaban J connectivity index is 2.33. The van der Waals surface area contributed by atoms with Gasteiger partial charge >= 0.3 is 0 Å². The highest BCUT2D eigenvalue weighted by Crippen LogP contribution is 2.26. The fourth-order valence-electron chi connectivity index (χ4n) is 2.14. The number of rotatable bonds is 3. The summed E-state index contributed by atoms with van der Waals surface area (Å²) in [5.41, 5.74) is 12.0. The van der Waals surface area contributed by atoms with Crippen LogP contribution in [0.25, 0.3) is 0 Å². The molecule has 0 aliphatic heterocycles. The highest BCUT2D eigenvalue weighted by molar-refractivity contribution is 4.83. The van der Waals surface area contributed by atoms with Crippen molar-refractivity contribution in [3.8, 4) is 0 Å². The molecule has 1 rings (SSSR count). The van der Waals surface area contributed by atoms with E-state index in [1.54, 1.807) is 0 Å². The third kappa shape index (κ3) is 2.46. The predicted molar refractivity (Wildman–Crippen MR) is 52.8 cm³/mol. The van der Waals surface area contributed by atoms with E-state index >= 15 is 0 Å². The third-order valence-corrected chi connectivity index (χ3v) is 3.16. The van der Waals surface area contributed by atoms with Crippen molar-refractivity contribution >= 4 is 0 Å². The summed E-state index contributed by atoms with van der Waals surface area (Å²) in [4.78, 5) is 0. The summed E-state index contributed by atoms with van der Waals surface area (Å²) >= 11 is 0. The molecular weight excluding hydrogens is 148 g/mol. The summed E-state index contributed by atoms with van der Waals surface area (Å²) < 4.78 is 0. The Kier molecular flexibility index (Phi) is 4.02. The van der Waals surface area contributed by atoms with Crippen LogP contribution in [0.2, 0.25) is 0 Å². The predicted octanol–water partition coefficient (Wildman–Crippen LogP) is 1.63. The summed E-state index contributed by atoms with van der Waals surface area (Å²) in [5.74, 6) is 0.702. The van der Waals surface area contributed by atoms with Gasteiger partial charge in [-0.15, -0.1) is 0 Å². The average molecular weight is 170 g/mol. The van der Waals surface area contributed by atoms with Crippen LogP contribution in [-0.4, -0.2) is 12.1 Å². The van der Waals surface area contributed by atoms with Gasteiger partial charge in [0.15, 0.2) is 0 Å². The lowest BCUT2D eigenvalue weighted by Gasteiger charge is -2.30. The van der Waals surface area contributed by atoms with Crippen LogP contribution in [0, 0.1) is 5.92 Å². The second kappa shape index (κ2) is 4.83. The molecule has 1 fully saturated rings. The van der Waals surface area contributed by atoms with Crippen molar-refractivity contribution in [2.45, 2.75) is 57.5 Å². The van der Waals surface area contributed by atoms with E-state index in [1.807, 2.05) is 0 Å². The summed E-state index contributed by atoms with van der Waals surface area (Å²) in [6.45, 7) is 2.12. The van der Waals surface area contributed by atoms with Crippen molar-refractivity contribution in [2.75, 3.05) is 0 Å². The van der Waals surface area contributed by atoms with Gasteiger partial charge < -0.3 is 11.5 Å². The van der Waals surface area contributed by atoms with E-state index in [2.05, 4.69) is 6.92 Å². The Bertz CT molecular complexity index is 119. The lowest BCUT2D eigenvalue weighted by Crippen LogP contribution is -2.46. The van der Waals surface area contributed by atoms with Crippen LogP contribution < -0.4 is 11.5 Å². The summed E-state index contributed by atoms with van der Waals surface area (Å²) in [6.07, 6.45) is 7.72. The molecule has 0 radical (unpaired) electrons. The zero-order valence-electron chi connectivity index (χ0n) is 8.13. The Morgan fingerprint density at radius 1 is 1.17 bits per heavy atom. The standard InChI is InChI=1S/C10H22N2/c1-2-9(11)10(12)8-6-4-3-5-7-8/h8-10H,2-7,11-12H2,1H3. The molecule has 2 unspecified atom stereocenters. The molecule has 1 aliphatic rings. The molecule has 0 heterocycles. The zero-order chi connectivity index (χ0) is 8.97. The molecule has 0 aromatic carbocycles. The van der Waals surface area contributed by atoms with Crippen molar-refractivity contribution < 1.29 is 0 Å². The van der Waals surface area contributed by atoms with Crippen molar-refractivity contribution in [3.05, 3.63) is 0 Å². The van der Waals surface area contributed by atoms with Crippen LogP contribution in [0.5, 0.6) is 0 Å². The lowest BCUT2D eigenvalue weighted by molar-refractivity contribution is 0.274. The number of nitrogens with two attached hydrogens (primary N) is 2. The zero-order valence-corrected chi connectivity index (χ0v) is 8.13. The lowest BCUT2D eigenvalue weighted by atomic mass is 9.81. The minimum Gasteiger partial charge on any atom is -0.326 e. The molecule has 0 saturated heterocycles. The molecule has 0 aromatic rings. The largest absolute Gasteiger partial charge is 0.326 e. The summed E-state index contributed by atoms with van der Waals surface area (Å²) in [6, 6.07) is 0.461. The van der Waals surface area contributed by atoms with E-state index in [0.717, 1.165) is 6.42 Å². The smallest absolute Gasteiger partial charge is 0.0220 e. The van der Waals surface area contributed by atoms with Crippen molar-refractivity contribution in [1.82, 2.24) is 0 Å². The van der Waals surface area contributed by atoms with Gasteiger partial charge in [-0.2, -0.15) is 0 Å². The maximum atomic E-state index is 6.08. The van der Waals surface area contributed by atoms with Gasteiger partial charge in [-0.25, -0.2) is 0 Å². The van der Waals surface area contributed by atoms with Gasteiger partial charge in [0.2, 0.25) is 0 Å². The number of hydrogen-bond acceptors (Lipinski definition) is 2. The van der Waals surface area contributed by atoms with Gasteiger partial charge in [-0.3, -0.25) is 0 Å². The van der Waals surface area contributed by atoms with Crippen LogP contribution in [0.3, 0.4) is 0 Å². The molecule has 0 spiro atoms. The van der Waals surface area contributed by atoms with Crippen LogP contribution in [-0.2, 0) is 0 Å². The number of hydrogen-bond donors (Lipinski definition) is 2. The Morgan fingerprint density at radius 3 is 2.25 bits per heavy atom. The molecular formula is C10H22N2. The normalized spacial score (nSPS) is 25.2. The molecule has 2 atom stereocenters. The van der Waals surface area contributed by atoms with Gasteiger partial charge in [-0.05, 0) is 25.2 Å². The van der Waals surface area contributed by atoms with E-state index in [4.69, 9.17) is 11.5 Å². The first-order chi connectivity index (χ1) is 5.75. The van der Waals surface area contributed by atoms with Crippen molar-refractivity contribution in [2.24, 2.45) is 17.4 Å². The van der Waals surface area contributed by atoms with Gasteiger partial charge in [0.1, 0.15) is 0 Å². The highest BCUT2D eigenvalue weighted by atomic mass is 14.8.